The van der Waals surface area contributed by atoms with Crippen LogP contribution in [0.4, 0.5) is 0 Å². The molecule has 0 bridgehead atoms. The number of hydrogen-bond donors (Lipinski definition) is 3. The van der Waals surface area contributed by atoms with Gasteiger partial charge in [0.05, 0.1) is 39.9 Å². The number of rotatable bonds is 48. The van der Waals surface area contributed by atoms with E-state index in [9.17, 15) is 19.4 Å². The predicted octanol–water partition coefficient (Wildman–Crippen LogP) is 15.6. The Morgan fingerprint density at radius 1 is 0.540 bits per heavy atom. The maximum absolute atomic E-state index is 12.9. The predicted molar refractivity (Wildman–Crippen MR) is 272 cm³/mol. The molecule has 3 atom stereocenters. The highest BCUT2D eigenvalue weighted by atomic mass is 31.2. The summed E-state index contributed by atoms with van der Waals surface area (Å²) < 4.78 is 23.6. The van der Waals surface area contributed by atoms with E-state index in [4.69, 9.17) is 9.05 Å². The number of carbonyl (C=O) groups excluding carboxylic acids is 1. The third-order valence-electron chi connectivity index (χ3n) is 11.8. The monoisotopic (exact) mass is 908 g/mol. The van der Waals surface area contributed by atoms with Crippen molar-refractivity contribution in [3.8, 4) is 0 Å². The maximum atomic E-state index is 12.9. The minimum atomic E-state index is -4.35. The largest absolute Gasteiger partial charge is 0.472 e. The van der Waals surface area contributed by atoms with Gasteiger partial charge in [-0.3, -0.25) is 13.8 Å². The molecule has 0 radical (unpaired) electrons. The number of nitrogens with zero attached hydrogens (tertiary/aromatic N) is 1. The highest BCUT2D eigenvalue weighted by Crippen LogP contribution is 2.43. The number of phosphoric ester groups is 1. The third kappa shape index (κ3) is 48.2. The van der Waals surface area contributed by atoms with Crippen molar-refractivity contribution in [3.63, 3.8) is 0 Å². The summed E-state index contributed by atoms with van der Waals surface area (Å²) in [7, 11) is 1.55. The summed E-state index contributed by atoms with van der Waals surface area (Å²) >= 11 is 0. The molecule has 0 aliphatic heterocycles. The first-order valence-corrected chi connectivity index (χ1v) is 28.0. The van der Waals surface area contributed by atoms with E-state index < -0.39 is 20.0 Å². The molecule has 3 N–H and O–H groups in total. The second-order valence-electron chi connectivity index (χ2n) is 19.2. The molecule has 8 nitrogen and oxygen atoms in total. The first-order chi connectivity index (χ1) is 30.5. The van der Waals surface area contributed by atoms with Gasteiger partial charge in [0.2, 0.25) is 5.91 Å². The van der Waals surface area contributed by atoms with E-state index in [2.05, 4.69) is 55.6 Å². The normalized spacial score (nSPS) is 14.5. The lowest BCUT2D eigenvalue weighted by Crippen LogP contribution is -2.45. The van der Waals surface area contributed by atoms with Crippen molar-refractivity contribution in [1.29, 1.82) is 0 Å². The van der Waals surface area contributed by atoms with Gasteiger partial charge < -0.3 is 19.8 Å². The van der Waals surface area contributed by atoms with Crippen molar-refractivity contribution in [2.75, 3.05) is 40.9 Å². The van der Waals surface area contributed by atoms with Crippen molar-refractivity contribution < 1.29 is 32.9 Å². The van der Waals surface area contributed by atoms with Gasteiger partial charge in [-0.15, -0.1) is 0 Å². The standard InChI is InChI=1S/C54H103N2O6P/c1-6-8-10-12-14-16-18-20-22-24-26-28-30-32-34-36-38-40-42-44-46-48-54(58)55-52(51-62-63(59,60)61-50-49-56(3,4)5)53(57)47-45-43-41-39-37-35-33-31-29-27-25-23-21-19-17-15-13-11-9-7-2/h18,20,24,26,37,39,45,47,52-53,57H,6-17,19,21-23,25,27-36,38,40-44,46,48-51H2,1-5H3,(H-,55,58,59,60)/p+1/b20-18-,26-24-,39-37+,47-45+. The van der Waals surface area contributed by atoms with Gasteiger partial charge in [0, 0.05) is 6.42 Å². The molecule has 0 fully saturated rings. The van der Waals surface area contributed by atoms with Gasteiger partial charge in [-0.1, -0.05) is 217 Å². The number of likely N-dealkylation sites (N-methyl/N-ethyl adjacent to an activating group) is 1. The van der Waals surface area contributed by atoms with Crippen molar-refractivity contribution >= 4 is 13.7 Å². The Morgan fingerprint density at radius 2 is 0.921 bits per heavy atom. The van der Waals surface area contributed by atoms with E-state index in [0.29, 0.717) is 17.4 Å². The van der Waals surface area contributed by atoms with Crippen LogP contribution in [0.15, 0.2) is 48.6 Å². The number of hydrogen-bond acceptors (Lipinski definition) is 5. The van der Waals surface area contributed by atoms with Crippen molar-refractivity contribution in [2.45, 2.75) is 251 Å². The lowest BCUT2D eigenvalue weighted by molar-refractivity contribution is -0.870. The van der Waals surface area contributed by atoms with Crippen LogP contribution >= 0.6 is 7.82 Å². The van der Waals surface area contributed by atoms with Crippen LogP contribution in [0.5, 0.6) is 0 Å². The lowest BCUT2D eigenvalue weighted by atomic mass is 10.0. The van der Waals surface area contributed by atoms with Crippen LogP contribution in [-0.4, -0.2) is 73.4 Å². The highest BCUT2D eigenvalue weighted by molar-refractivity contribution is 7.47. The van der Waals surface area contributed by atoms with Gasteiger partial charge in [-0.05, 0) is 64.2 Å². The summed E-state index contributed by atoms with van der Waals surface area (Å²) in [6.45, 7) is 4.80. The van der Waals surface area contributed by atoms with E-state index in [1.54, 1.807) is 6.08 Å². The summed E-state index contributed by atoms with van der Waals surface area (Å²) in [5.41, 5.74) is 0. The second-order valence-corrected chi connectivity index (χ2v) is 20.7. The molecular weight excluding hydrogens is 804 g/mol. The molecule has 0 heterocycles. The number of allylic oxidation sites excluding steroid dienone is 7. The van der Waals surface area contributed by atoms with E-state index in [0.717, 1.165) is 44.9 Å². The number of carbonyl (C=O) groups is 1. The number of aliphatic hydroxyl groups is 1. The molecule has 3 unspecified atom stereocenters. The topological polar surface area (TPSA) is 105 Å². The number of unbranched alkanes of at least 4 members (excludes halogenated alkanes) is 29. The zero-order valence-corrected chi connectivity index (χ0v) is 43.0. The Labute approximate surface area is 390 Å². The van der Waals surface area contributed by atoms with Crippen LogP contribution in [0, 0.1) is 0 Å². The lowest BCUT2D eigenvalue weighted by Gasteiger charge is -2.25. The van der Waals surface area contributed by atoms with Crippen LogP contribution in [0.2, 0.25) is 0 Å². The van der Waals surface area contributed by atoms with Gasteiger partial charge in [0.1, 0.15) is 13.2 Å². The number of nitrogens with one attached hydrogen (secondary N) is 1. The summed E-state index contributed by atoms with van der Waals surface area (Å²) in [4.78, 5) is 23.2. The fourth-order valence-corrected chi connectivity index (χ4v) is 8.29. The maximum Gasteiger partial charge on any atom is 0.472 e. The van der Waals surface area contributed by atoms with Gasteiger partial charge in [-0.2, -0.15) is 0 Å². The fraction of sp³-hybridized carbons (Fsp3) is 0.833. The average molecular weight is 908 g/mol. The van der Waals surface area contributed by atoms with Crippen LogP contribution in [0.25, 0.3) is 0 Å². The van der Waals surface area contributed by atoms with Gasteiger partial charge >= 0.3 is 7.82 Å². The van der Waals surface area contributed by atoms with E-state index in [-0.39, 0.29) is 19.1 Å². The Morgan fingerprint density at radius 3 is 1.37 bits per heavy atom. The molecular formula is C54H104N2O6P+. The number of aliphatic hydroxyl groups excluding tert-OH is 1. The Hall–Kier alpha value is -1.54. The molecule has 370 valence electrons. The smallest absolute Gasteiger partial charge is 0.387 e. The molecule has 9 heteroatoms. The van der Waals surface area contributed by atoms with Crippen molar-refractivity contribution in [1.82, 2.24) is 5.32 Å². The third-order valence-corrected chi connectivity index (χ3v) is 12.8. The molecule has 63 heavy (non-hydrogen) atoms. The van der Waals surface area contributed by atoms with Gasteiger partial charge in [0.15, 0.2) is 0 Å². The zero-order chi connectivity index (χ0) is 46.4. The van der Waals surface area contributed by atoms with E-state index >= 15 is 0 Å². The Bertz CT molecular complexity index is 1170. The van der Waals surface area contributed by atoms with Gasteiger partial charge in [0.25, 0.3) is 0 Å². The molecule has 0 aromatic heterocycles. The minimum Gasteiger partial charge on any atom is -0.387 e. The van der Waals surface area contributed by atoms with Gasteiger partial charge in [-0.25, -0.2) is 4.57 Å². The summed E-state index contributed by atoms with van der Waals surface area (Å²) in [6, 6.07) is -0.866. The summed E-state index contributed by atoms with van der Waals surface area (Å²) in [5, 5.41) is 13.9. The van der Waals surface area contributed by atoms with Crippen LogP contribution in [-0.2, 0) is 18.4 Å². The van der Waals surface area contributed by atoms with E-state index in [1.165, 1.54) is 173 Å². The quantitative estimate of drug-likeness (QED) is 0.0243. The van der Waals surface area contributed by atoms with E-state index in [1.807, 2.05) is 27.2 Å². The number of quaternary nitrogens is 1. The molecule has 0 rings (SSSR count). The Balaban J connectivity index is 4.34. The molecule has 1 amide bonds. The SMILES string of the molecule is CCCCCCC/C=C\C/C=C\CCCCCCCCCCCC(=O)NC(COP(=O)(O)OCC[N+](C)(C)C)C(O)/C=C/CC/C=C/CCCCCCCCCCCCCCCC. The first kappa shape index (κ1) is 61.5. The van der Waals surface area contributed by atoms with Crippen LogP contribution in [0.3, 0.4) is 0 Å². The van der Waals surface area contributed by atoms with Crippen molar-refractivity contribution in [3.05, 3.63) is 48.6 Å². The molecule has 0 saturated heterocycles. The van der Waals surface area contributed by atoms with Crippen LogP contribution in [0.1, 0.15) is 239 Å². The van der Waals surface area contributed by atoms with Crippen LogP contribution < -0.4 is 5.32 Å². The summed E-state index contributed by atoms with van der Waals surface area (Å²) in [6.07, 6.45) is 59.1. The molecule has 0 aromatic carbocycles. The molecule has 0 aliphatic carbocycles. The average Bonchev–Trinajstić information content (AvgIpc) is 3.24. The summed E-state index contributed by atoms with van der Waals surface area (Å²) in [5.74, 6) is -0.191. The number of amides is 1. The van der Waals surface area contributed by atoms with Crippen molar-refractivity contribution in [2.24, 2.45) is 0 Å². The second kappa shape index (κ2) is 45.6. The fourth-order valence-electron chi connectivity index (χ4n) is 7.56. The molecule has 0 aromatic rings. The zero-order valence-electron chi connectivity index (χ0n) is 42.1. The first-order valence-electron chi connectivity index (χ1n) is 26.5. The number of phosphoric acid groups is 1. The molecule has 0 saturated carbocycles. The Kier molecular flexibility index (Phi) is 44.5. The minimum absolute atomic E-state index is 0.0545. The highest BCUT2D eigenvalue weighted by Gasteiger charge is 2.27. The molecule has 0 spiro atoms. The molecule has 0 aliphatic rings.